The van der Waals surface area contributed by atoms with Crippen molar-refractivity contribution in [3.63, 3.8) is 0 Å². The van der Waals surface area contributed by atoms with Crippen LogP contribution in [-0.4, -0.2) is 44.4 Å². The quantitative estimate of drug-likeness (QED) is 0.346. The van der Waals surface area contributed by atoms with Crippen molar-refractivity contribution in [2.24, 2.45) is 5.73 Å². The first-order chi connectivity index (χ1) is 17.5. The van der Waals surface area contributed by atoms with E-state index in [2.05, 4.69) is 9.97 Å². The summed E-state index contributed by atoms with van der Waals surface area (Å²) in [6.07, 6.45) is 1.72. The maximum Gasteiger partial charge on any atom is 0.357 e. The molecule has 0 saturated carbocycles. The van der Waals surface area contributed by atoms with Crippen LogP contribution < -0.4 is 24.7 Å². The Morgan fingerprint density at radius 3 is 2.25 bits per heavy atom. The van der Waals surface area contributed by atoms with Crippen LogP contribution in [0.1, 0.15) is 21.9 Å². The van der Waals surface area contributed by atoms with E-state index in [-0.39, 0.29) is 12.2 Å². The molecular weight excluding hydrogens is 462 g/mol. The molecule has 0 saturated heterocycles. The minimum Gasteiger partial charge on any atom is -0.493 e. The monoisotopic (exact) mass is 489 g/mol. The number of fused-ring (bicyclic) bond motifs is 1. The summed E-state index contributed by atoms with van der Waals surface area (Å²) in [6, 6.07) is 14.7. The van der Waals surface area contributed by atoms with Crippen molar-refractivity contribution < 1.29 is 28.5 Å². The summed E-state index contributed by atoms with van der Waals surface area (Å²) in [7, 11) is 5.89. The molecule has 9 nitrogen and oxygen atoms in total. The lowest BCUT2D eigenvalue weighted by atomic mass is 9.94. The largest absolute Gasteiger partial charge is 0.493 e. The zero-order valence-electron chi connectivity index (χ0n) is 20.5. The number of pyridine rings is 2. The molecule has 2 aromatic heterocycles. The summed E-state index contributed by atoms with van der Waals surface area (Å²) in [6.45, 7) is 0.414. The van der Waals surface area contributed by atoms with Gasteiger partial charge in [-0.25, -0.2) is 9.78 Å². The summed E-state index contributed by atoms with van der Waals surface area (Å²) in [4.78, 5) is 21.7. The Balaban J connectivity index is 1.93. The maximum absolute atomic E-state index is 12.8. The van der Waals surface area contributed by atoms with E-state index < -0.39 is 5.97 Å². The van der Waals surface area contributed by atoms with Gasteiger partial charge in [0.2, 0.25) is 5.75 Å². The number of nitrogens with two attached hydrogens (primary N) is 1. The van der Waals surface area contributed by atoms with Crippen LogP contribution in [0.15, 0.2) is 54.7 Å². The number of nitrogens with zero attached hydrogens (tertiary/aromatic N) is 2. The Morgan fingerprint density at radius 1 is 0.917 bits per heavy atom. The van der Waals surface area contributed by atoms with E-state index in [9.17, 15) is 4.79 Å². The lowest BCUT2D eigenvalue weighted by Gasteiger charge is -2.18. The van der Waals surface area contributed by atoms with Gasteiger partial charge < -0.3 is 29.4 Å². The molecule has 0 aliphatic rings. The number of aromatic nitrogens is 2. The van der Waals surface area contributed by atoms with Gasteiger partial charge in [-0.1, -0.05) is 6.07 Å². The molecule has 0 atom stereocenters. The van der Waals surface area contributed by atoms with Crippen molar-refractivity contribution in [3.8, 4) is 34.1 Å². The normalized spacial score (nSPS) is 10.7. The van der Waals surface area contributed by atoms with Gasteiger partial charge >= 0.3 is 5.97 Å². The lowest BCUT2D eigenvalue weighted by molar-refractivity contribution is 0.0595. The van der Waals surface area contributed by atoms with Crippen LogP contribution in [0.2, 0.25) is 0 Å². The second-order valence-corrected chi connectivity index (χ2v) is 7.71. The predicted molar refractivity (Wildman–Crippen MR) is 135 cm³/mol. The van der Waals surface area contributed by atoms with Gasteiger partial charge in [0.25, 0.3) is 0 Å². The molecular formula is C27H27N3O6. The number of rotatable bonds is 9. The molecule has 0 radical (unpaired) electrons. The second-order valence-electron chi connectivity index (χ2n) is 7.71. The van der Waals surface area contributed by atoms with E-state index in [1.165, 1.54) is 28.4 Å². The molecule has 4 rings (SSSR count). The minimum atomic E-state index is -0.592. The average molecular weight is 490 g/mol. The van der Waals surface area contributed by atoms with Crippen molar-refractivity contribution >= 4 is 16.7 Å². The fraction of sp³-hybridized carbons (Fsp3) is 0.222. The highest BCUT2D eigenvalue weighted by Gasteiger charge is 2.24. The van der Waals surface area contributed by atoms with E-state index in [0.717, 1.165) is 16.5 Å². The zero-order valence-corrected chi connectivity index (χ0v) is 20.5. The molecule has 2 N–H and O–H groups in total. The summed E-state index contributed by atoms with van der Waals surface area (Å²) in [5.41, 5.74) is 8.67. The number of hydrogen-bond acceptors (Lipinski definition) is 9. The first kappa shape index (κ1) is 24.7. The summed E-state index contributed by atoms with van der Waals surface area (Å²) in [5, 5.41) is 1.48. The lowest BCUT2D eigenvalue weighted by Crippen LogP contribution is -2.12. The first-order valence-electron chi connectivity index (χ1n) is 11.1. The molecule has 36 heavy (non-hydrogen) atoms. The molecule has 2 heterocycles. The fourth-order valence-corrected chi connectivity index (χ4v) is 4.01. The summed E-state index contributed by atoms with van der Waals surface area (Å²) < 4.78 is 27.5. The number of carbonyl (C=O) groups excluding carboxylic acids is 1. The molecule has 2 aromatic carbocycles. The topological polar surface area (TPSA) is 115 Å². The Hall–Kier alpha value is -4.37. The van der Waals surface area contributed by atoms with Gasteiger partial charge in [-0.15, -0.1) is 0 Å². The number of hydrogen-bond donors (Lipinski definition) is 1. The number of benzene rings is 2. The van der Waals surface area contributed by atoms with E-state index in [0.29, 0.717) is 46.4 Å². The van der Waals surface area contributed by atoms with Gasteiger partial charge in [0.05, 0.1) is 39.8 Å². The van der Waals surface area contributed by atoms with Crippen molar-refractivity contribution in [1.82, 2.24) is 9.97 Å². The van der Waals surface area contributed by atoms with Gasteiger partial charge in [-0.05, 0) is 53.4 Å². The van der Waals surface area contributed by atoms with Crippen LogP contribution in [0.3, 0.4) is 0 Å². The predicted octanol–water partition coefficient (Wildman–Crippen LogP) is 4.15. The third-order valence-electron chi connectivity index (χ3n) is 5.69. The SMILES string of the molecule is COC(=O)c1nc(CN)c2cc(OCc3ccccn3)ccc2c1-c1cc(OC)c(OC)c(OC)c1. The Bertz CT molecular complexity index is 1370. The molecule has 0 spiro atoms. The van der Waals surface area contributed by atoms with Crippen LogP contribution in [0.25, 0.3) is 21.9 Å². The third kappa shape index (κ3) is 4.73. The van der Waals surface area contributed by atoms with Crippen molar-refractivity contribution in [2.45, 2.75) is 13.2 Å². The molecule has 0 bridgehead atoms. The Morgan fingerprint density at radius 2 is 1.67 bits per heavy atom. The first-order valence-corrected chi connectivity index (χ1v) is 11.1. The van der Waals surface area contributed by atoms with E-state index in [4.69, 9.17) is 29.4 Å². The van der Waals surface area contributed by atoms with Crippen molar-refractivity contribution in [3.05, 3.63) is 71.8 Å². The Labute approximate surface area is 208 Å². The van der Waals surface area contributed by atoms with Crippen LogP contribution in [0.4, 0.5) is 0 Å². The Kier molecular flexibility index (Phi) is 7.50. The molecule has 9 heteroatoms. The van der Waals surface area contributed by atoms with Gasteiger partial charge in [0.1, 0.15) is 12.4 Å². The summed E-state index contributed by atoms with van der Waals surface area (Å²) in [5.74, 6) is 1.34. The molecule has 0 fully saturated rings. The fourth-order valence-electron chi connectivity index (χ4n) is 4.01. The zero-order chi connectivity index (χ0) is 25.7. The molecule has 0 amide bonds. The number of methoxy groups -OCH3 is 4. The minimum absolute atomic E-state index is 0.111. The molecule has 4 aromatic rings. The smallest absolute Gasteiger partial charge is 0.357 e. The highest BCUT2D eigenvalue weighted by atomic mass is 16.5. The van der Waals surface area contributed by atoms with Gasteiger partial charge in [0.15, 0.2) is 17.2 Å². The number of carbonyl (C=O) groups is 1. The third-order valence-corrected chi connectivity index (χ3v) is 5.69. The van der Waals surface area contributed by atoms with E-state index in [1.54, 1.807) is 18.3 Å². The molecule has 186 valence electrons. The standard InChI is InChI=1S/C27H27N3O6/c1-32-22-11-16(12-23(33-2)26(22)34-3)24-19-9-8-18(36-15-17-7-5-6-10-29-17)13-20(19)21(14-28)30-25(24)27(31)35-4/h5-13H,14-15,28H2,1-4H3. The number of esters is 1. The van der Waals surface area contributed by atoms with Crippen LogP contribution in [0.5, 0.6) is 23.0 Å². The van der Waals surface area contributed by atoms with E-state index in [1.807, 2.05) is 36.4 Å². The van der Waals surface area contributed by atoms with Crippen LogP contribution >= 0.6 is 0 Å². The van der Waals surface area contributed by atoms with Crippen molar-refractivity contribution in [1.29, 1.82) is 0 Å². The highest BCUT2D eigenvalue weighted by Crippen LogP contribution is 2.44. The van der Waals surface area contributed by atoms with Gasteiger partial charge in [-0.2, -0.15) is 0 Å². The second kappa shape index (κ2) is 10.9. The molecule has 0 unspecified atom stereocenters. The molecule has 0 aliphatic heterocycles. The molecule has 0 aliphatic carbocycles. The average Bonchev–Trinajstić information content (AvgIpc) is 2.94. The van der Waals surface area contributed by atoms with Crippen LogP contribution in [-0.2, 0) is 17.9 Å². The summed E-state index contributed by atoms with van der Waals surface area (Å²) >= 11 is 0. The van der Waals surface area contributed by atoms with E-state index >= 15 is 0 Å². The van der Waals surface area contributed by atoms with Crippen molar-refractivity contribution in [2.75, 3.05) is 28.4 Å². The van der Waals surface area contributed by atoms with Gasteiger partial charge in [0, 0.05) is 23.7 Å². The maximum atomic E-state index is 12.8. The number of ether oxygens (including phenoxy) is 5. The van der Waals surface area contributed by atoms with Gasteiger partial charge in [-0.3, -0.25) is 4.98 Å². The van der Waals surface area contributed by atoms with Crippen LogP contribution in [0, 0.1) is 0 Å². The highest BCUT2D eigenvalue weighted by molar-refractivity contribution is 6.08.